The molecule has 0 unspecified atom stereocenters. The van der Waals surface area contributed by atoms with Crippen LogP contribution in [0.25, 0.3) is 10.1 Å². The molecule has 3 aromatic rings. The second-order valence-electron chi connectivity index (χ2n) is 5.47. The Morgan fingerprint density at radius 2 is 1.89 bits per heavy atom. The van der Waals surface area contributed by atoms with Crippen LogP contribution in [0.5, 0.6) is 11.5 Å². The number of thiocarbonyl (C=S) groups is 1. The molecular formula is C19H17ClN2O3S2. The number of nitrogens with one attached hydrogen (secondary N) is 2. The van der Waals surface area contributed by atoms with Crippen LogP contribution in [0, 0.1) is 0 Å². The number of amides is 1. The van der Waals surface area contributed by atoms with Crippen LogP contribution in [0.4, 0.5) is 5.69 Å². The molecule has 2 N–H and O–H groups in total. The van der Waals surface area contributed by atoms with E-state index in [9.17, 15) is 4.79 Å². The molecule has 0 atom stereocenters. The first-order valence-electron chi connectivity index (χ1n) is 8.13. The second kappa shape index (κ2) is 8.56. The zero-order valence-corrected chi connectivity index (χ0v) is 17.1. The number of carbonyl (C=O) groups is 1. The Labute approximate surface area is 171 Å². The van der Waals surface area contributed by atoms with Crippen molar-refractivity contribution in [3.05, 3.63) is 52.4 Å². The first-order chi connectivity index (χ1) is 13.0. The molecule has 5 nitrogen and oxygen atoms in total. The Morgan fingerprint density at radius 3 is 2.56 bits per heavy atom. The van der Waals surface area contributed by atoms with Crippen LogP contribution >= 0.6 is 35.2 Å². The van der Waals surface area contributed by atoms with E-state index >= 15 is 0 Å². The molecule has 0 radical (unpaired) electrons. The quantitative estimate of drug-likeness (QED) is 0.563. The standard InChI is InChI=1S/C19H17ClN2O3S2/c1-3-25-12-6-4-11(5-7-12)21-19(26)22-18(23)17-16(20)14-9-8-13(24-2)10-15(14)27-17/h4-10H,3H2,1-2H3,(H2,21,22,23,26). The fourth-order valence-corrected chi connectivity index (χ4v) is 4.09. The molecule has 1 amide bonds. The monoisotopic (exact) mass is 420 g/mol. The van der Waals surface area contributed by atoms with Crippen molar-refractivity contribution >= 4 is 61.9 Å². The van der Waals surface area contributed by atoms with E-state index in [1.54, 1.807) is 13.2 Å². The Kier molecular flexibility index (Phi) is 6.15. The van der Waals surface area contributed by atoms with Crippen LogP contribution in [0.1, 0.15) is 16.6 Å². The Balaban J connectivity index is 1.70. The van der Waals surface area contributed by atoms with Crippen LogP contribution in [0.15, 0.2) is 42.5 Å². The lowest BCUT2D eigenvalue weighted by Crippen LogP contribution is -2.33. The summed E-state index contributed by atoms with van der Waals surface area (Å²) in [6.07, 6.45) is 0. The molecule has 27 heavy (non-hydrogen) atoms. The first-order valence-corrected chi connectivity index (χ1v) is 9.73. The van der Waals surface area contributed by atoms with Gasteiger partial charge in [0.05, 0.1) is 18.7 Å². The predicted molar refractivity (Wildman–Crippen MR) is 115 cm³/mol. The van der Waals surface area contributed by atoms with E-state index in [4.69, 9.17) is 33.3 Å². The maximum atomic E-state index is 12.6. The van der Waals surface area contributed by atoms with E-state index in [2.05, 4.69) is 10.6 Å². The number of fused-ring (bicyclic) bond motifs is 1. The normalized spacial score (nSPS) is 10.5. The van der Waals surface area contributed by atoms with Gasteiger partial charge in [0.1, 0.15) is 16.4 Å². The minimum Gasteiger partial charge on any atom is -0.497 e. The van der Waals surface area contributed by atoms with Crippen molar-refractivity contribution in [2.24, 2.45) is 0 Å². The number of thiophene rings is 1. The molecule has 0 bridgehead atoms. The van der Waals surface area contributed by atoms with Gasteiger partial charge in [-0.3, -0.25) is 10.1 Å². The molecule has 3 rings (SSSR count). The van der Waals surface area contributed by atoms with Gasteiger partial charge in [-0.05, 0) is 61.6 Å². The van der Waals surface area contributed by atoms with E-state index < -0.39 is 0 Å². The summed E-state index contributed by atoms with van der Waals surface area (Å²) in [5.41, 5.74) is 0.746. The zero-order valence-electron chi connectivity index (χ0n) is 14.7. The third-order valence-corrected chi connectivity index (χ3v) is 5.55. The van der Waals surface area contributed by atoms with Crippen LogP contribution < -0.4 is 20.1 Å². The van der Waals surface area contributed by atoms with Crippen LogP contribution in [0.3, 0.4) is 0 Å². The number of carbonyl (C=O) groups excluding carboxylic acids is 1. The van der Waals surface area contributed by atoms with Gasteiger partial charge in [-0.25, -0.2) is 0 Å². The lowest BCUT2D eigenvalue weighted by Gasteiger charge is -2.10. The van der Waals surface area contributed by atoms with E-state index in [-0.39, 0.29) is 11.0 Å². The lowest BCUT2D eigenvalue weighted by atomic mass is 10.2. The summed E-state index contributed by atoms with van der Waals surface area (Å²) in [5.74, 6) is 1.12. The molecule has 2 aromatic carbocycles. The molecule has 0 fully saturated rings. The summed E-state index contributed by atoms with van der Waals surface area (Å²) in [7, 11) is 1.59. The zero-order chi connectivity index (χ0) is 19.4. The van der Waals surface area contributed by atoms with Crippen molar-refractivity contribution in [2.45, 2.75) is 6.92 Å². The molecule has 1 heterocycles. The average Bonchev–Trinajstić information content (AvgIpc) is 2.99. The number of methoxy groups -OCH3 is 1. The molecule has 0 saturated carbocycles. The van der Waals surface area contributed by atoms with Crippen molar-refractivity contribution in [1.29, 1.82) is 0 Å². The van der Waals surface area contributed by atoms with Gasteiger partial charge in [-0.2, -0.15) is 0 Å². The topological polar surface area (TPSA) is 59.6 Å². The van der Waals surface area contributed by atoms with E-state index in [1.165, 1.54) is 11.3 Å². The van der Waals surface area contributed by atoms with Gasteiger partial charge in [0.2, 0.25) is 0 Å². The molecule has 140 valence electrons. The summed E-state index contributed by atoms with van der Waals surface area (Å²) in [6, 6.07) is 12.8. The highest BCUT2D eigenvalue weighted by Crippen LogP contribution is 2.37. The molecule has 8 heteroatoms. The smallest absolute Gasteiger partial charge is 0.269 e. The minimum absolute atomic E-state index is 0.190. The molecule has 0 aliphatic carbocycles. The Bertz CT molecular complexity index is 987. The summed E-state index contributed by atoms with van der Waals surface area (Å²) >= 11 is 12.9. The van der Waals surface area contributed by atoms with Crippen LogP contribution in [-0.2, 0) is 0 Å². The SMILES string of the molecule is CCOc1ccc(NC(=S)NC(=O)c2sc3cc(OC)ccc3c2Cl)cc1. The number of halogens is 1. The maximum Gasteiger partial charge on any atom is 0.269 e. The van der Waals surface area contributed by atoms with Crippen molar-refractivity contribution in [3.63, 3.8) is 0 Å². The third-order valence-electron chi connectivity index (χ3n) is 3.69. The highest BCUT2D eigenvalue weighted by atomic mass is 35.5. The summed E-state index contributed by atoms with van der Waals surface area (Å²) in [4.78, 5) is 13.0. The van der Waals surface area contributed by atoms with Gasteiger partial charge < -0.3 is 14.8 Å². The highest BCUT2D eigenvalue weighted by Gasteiger charge is 2.18. The summed E-state index contributed by atoms with van der Waals surface area (Å²) in [5, 5.41) is 7.02. The van der Waals surface area contributed by atoms with Gasteiger partial charge >= 0.3 is 0 Å². The molecule has 0 aliphatic rings. The van der Waals surface area contributed by atoms with Crippen molar-refractivity contribution < 1.29 is 14.3 Å². The van der Waals surface area contributed by atoms with Gasteiger partial charge in [0, 0.05) is 15.8 Å². The number of benzene rings is 2. The fourth-order valence-electron chi connectivity index (χ4n) is 2.44. The molecule has 0 saturated heterocycles. The number of rotatable bonds is 5. The number of hydrogen-bond donors (Lipinski definition) is 2. The number of hydrogen-bond acceptors (Lipinski definition) is 5. The largest absolute Gasteiger partial charge is 0.497 e. The fraction of sp³-hybridized carbons (Fsp3) is 0.158. The van der Waals surface area contributed by atoms with Crippen LogP contribution in [0.2, 0.25) is 5.02 Å². The summed E-state index contributed by atoms with van der Waals surface area (Å²) in [6.45, 7) is 2.52. The highest BCUT2D eigenvalue weighted by molar-refractivity contribution is 7.80. The summed E-state index contributed by atoms with van der Waals surface area (Å²) < 4.78 is 11.5. The van der Waals surface area contributed by atoms with Crippen molar-refractivity contribution in [3.8, 4) is 11.5 Å². The van der Waals surface area contributed by atoms with Crippen molar-refractivity contribution in [2.75, 3.05) is 19.0 Å². The second-order valence-corrected chi connectivity index (χ2v) is 7.31. The predicted octanol–water partition coefficient (Wildman–Crippen LogP) is 5.09. The average molecular weight is 421 g/mol. The minimum atomic E-state index is -0.358. The van der Waals surface area contributed by atoms with Gasteiger partial charge in [-0.15, -0.1) is 11.3 Å². The van der Waals surface area contributed by atoms with Gasteiger partial charge in [0.15, 0.2) is 5.11 Å². The van der Waals surface area contributed by atoms with Crippen LogP contribution in [-0.4, -0.2) is 24.7 Å². The Morgan fingerprint density at radius 1 is 1.19 bits per heavy atom. The first kappa shape index (κ1) is 19.4. The van der Waals surface area contributed by atoms with Gasteiger partial charge in [-0.1, -0.05) is 11.6 Å². The van der Waals surface area contributed by atoms with E-state index in [0.29, 0.717) is 22.3 Å². The van der Waals surface area contributed by atoms with Gasteiger partial charge in [0.25, 0.3) is 5.91 Å². The van der Waals surface area contributed by atoms with E-state index in [0.717, 1.165) is 21.5 Å². The molecular weight excluding hydrogens is 404 g/mol. The maximum absolute atomic E-state index is 12.6. The lowest BCUT2D eigenvalue weighted by molar-refractivity contribution is 0.0982. The molecule has 0 aliphatic heterocycles. The molecule has 0 spiro atoms. The third kappa shape index (κ3) is 4.50. The van der Waals surface area contributed by atoms with E-state index in [1.807, 2.05) is 43.3 Å². The number of ether oxygens (including phenoxy) is 2. The Hall–Kier alpha value is -2.35. The van der Waals surface area contributed by atoms with Crippen molar-refractivity contribution in [1.82, 2.24) is 5.32 Å². The molecule has 1 aromatic heterocycles. The number of anilines is 1.